The monoisotopic (exact) mass is 349 g/mol. The summed E-state index contributed by atoms with van der Waals surface area (Å²) in [5.41, 5.74) is 0.661. The molecule has 0 spiro atoms. The highest BCUT2D eigenvalue weighted by molar-refractivity contribution is 5.56. The number of ether oxygens (including phenoxy) is 1. The summed E-state index contributed by atoms with van der Waals surface area (Å²) in [6.07, 6.45) is 1.16. The van der Waals surface area contributed by atoms with E-state index in [1.54, 1.807) is 18.3 Å². The van der Waals surface area contributed by atoms with Gasteiger partial charge in [0.15, 0.2) is 5.76 Å². The van der Waals surface area contributed by atoms with Gasteiger partial charge in [0, 0.05) is 31.7 Å². The van der Waals surface area contributed by atoms with Crippen molar-refractivity contribution < 1.29 is 18.7 Å². The van der Waals surface area contributed by atoms with Crippen LogP contribution in [0.3, 0.4) is 0 Å². The molecule has 2 heterocycles. The van der Waals surface area contributed by atoms with Crippen molar-refractivity contribution in [3.8, 4) is 11.3 Å². The fourth-order valence-corrected chi connectivity index (χ4v) is 2.95. The lowest BCUT2D eigenvalue weighted by Gasteiger charge is -2.29. The SMILES string of the molecule is CN(Cc1ncc(-c2cccc(F)c2)o1)CC(O)CN1CCOCC1. The van der Waals surface area contributed by atoms with Gasteiger partial charge >= 0.3 is 0 Å². The molecule has 2 aromatic rings. The maximum absolute atomic E-state index is 13.3. The average molecular weight is 349 g/mol. The Balaban J connectivity index is 1.50. The molecule has 1 unspecified atom stereocenters. The van der Waals surface area contributed by atoms with Gasteiger partial charge in [0.1, 0.15) is 5.82 Å². The number of halogens is 1. The van der Waals surface area contributed by atoms with Crippen molar-refractivity contribution in [2.45, 2.75) is 12.6 Å². The number of rotatable bonds is 7. The van der Waals surface area contributed by atoms with Gasteiger partial charge in [0.05, 0.1) is 32.1 Å². The van der Waals surface area contributed by atoms with Crippen molar-refractivity contribution in [1.29, 1.82) is 0 Å². The highest BCUT2D eigenvalue weighted by Gasteiger charge is 2.17. The lowest BCUT2D eigenvalue weighted by Crippen LogP contribution is -2.43. The van der Waals surface area contributed by atoms with E-state index in [4.69, 9.17) is 9.15 Å². The normalized spacial score (nSPS) is 17.1. The molecule has 1 saturated heterocycles. The lowest BCUT2D eigenvalue weighted by molar-refractivity contribution is 0.00784. The zero-order chi connectivity index (χ0) is 17.6. The van der Waals surface area contributed by atoms with Gasteiger partial charge in [-0.2, -0.15) is 0 Å². The number of oxazole rings is 1. The Kier molecular flexibility index (Phi) is 6.14. The predicted octanol–water partition coefficient (Wildman–Crippen LogP) is 1.61. The summed E-state index contributed by atoms with van der Waals surface area (Å²) in [6.45, 7) is 4.80. The molecule has 25 heavy (non-hydrogen) atoms. The minimum Gasteiger partial charge on any atom is -0.439 e. The summed E-state index contributed by atoms with van der Waals surface area (Å²) in [7, 11) is 1.91. The van der Waals surface area contributed by atoms with Crippen LogP contribution >= 0.6 is 0 Å². The van der Waals surface area contributed by atoms with Gasteiger partial charge < -0.3 is 14.3 Å². The number of morpholine rings is 1. The van der Waals surface area contributed by atoms with Crippen LogP contribution in [0, 0.1) is 5.82 Å². The van der Waals surface area contributed by atoms with E-state index in [0.717, 1.165) is 26.3 Å². The maximum atomic E-state index is 13.3. The smallest absolute Gasteiger partial charge is 0.209 e. The highest BCUT2D eigenvalue weighted by Crippen LogP contribution is 2.21. The first-order valence-corrected chi connectivity index (χ1v) is 8.47. The fraction of sp³-hybridized carbons (Fsp3) is 0.500. The molecule has 1 aromatic carbocycles. The van der Waals surface area contributed by atoms with Crippen LogP contribution in [0.1, 0.15) is 5.89 Å². The second-order valence-electron chi connectivity index (χ2n) is 6.39. The molecule has 136 valence electrons. The van der Waals surface area contributed by atoms with Crippen molar-refractivity contribution in [2.24, 2.45) is 0 Å². The Morgan fingerprint density at radius 3 is 2.92 bits per heavy atom. The summed E-state index contributed by atoms with van der Waals surface area (Å²) < 4.78 is 24.3. The molecule has 3 rings (SSSR count). The number of aliphatic hydroxyl groups is 1. The number of β-amino-alcohol motifs (C(OH)–C–C–N with tert-alkyl or cyclic N) is 1. The molecule has 0 amide bonds. The number of aliphatic hydroxyl groups excluding tert-OH is 1. The minimum atomic E-state index is -0.444. The minimum absolute atomic E-state index is 0.307. The predicted molar refractivity (Wildman–Crippen MR) is 91.5 cm³/mol. The Morgan fingerprint density at radius 2 is 2.16 bits per heavy atom. The molecule has 7 heteroatoms. The number of hydrogen-bond donors (Lipinski definition) is 1. The largest absolute Gasteiger partial charge is 0.439 e. The third-order valence-corrected chi connectivity index (χ3v) is 4.16. The third kappa shape index (κ3) is 5.34. The maximum Gasteiger partial charge on any atom is 0.209 e. The molecule has 1 aliphatic heterocycles. The van der Waals surface area contributed by atoms with Crippen molar-refractivity contribution in [3.05, 3.63) is 42.2 Å². The number of aromatic nitrogens is 1. The van der Waals surface area contributed by atoms with Gasteiger partial charge in [-0.3, -0.25) is 9.80 Å². The Bertz CT molecular complexity index is 673. The molecular formula is C18H24FN3O3. The molecule has 1 atom stereocenters. The van der Waals surface area contributed by atoms with E-state index in [9.17, 15) is 9.50 Å². The van der Waals surface area contributed by atoms with Crippen molar-refractivity contribution in [1.82, 2.24) is 14.8 Å². The second kappa shape index (κ2) is 8.53. The first-order valence-electron chi connectivity index (χ1n) is 8.47. The van der Waals surface area contributed by atoms with Crippen molar-refractivity contribution >= 4 is 0 Å². The summed E-state index contributed by atoms with van der Waals surface area (Å²) in [4.78, 5) is 8.41. The number of hydrogen-bond acceptors (Lipinski definition) is 6. The van der Waals surface area contributed by atoms with Gasteiger partial charge in [-0.05, 0) is 19.2 Å². The molecule has 1 aliphatic rings. The summed E-state index contributed by atoms with van der Waals surface area (Å²) in [6, 6.07) is 6.23. The zero-order valence-electron chi connectivity index (χ0n) is 14.4. The van der Waals surface area contributed by atoms with Crippen LogP contribution in [0.15, 0.2) is 34.9 Å². The molecule has 0 radical (unpaired) electrons. The van der Waals surface area contributed by atoms with E-state index in [1.165, 1.54) is 12.1 Å². The molecular weight excluding hydrogens is 325 g/mol. The van der Waals surface area contributed by atoms with Gasteiger partial charge in [0.25, 0.3) is 0 Å². The first kappa shape index (κ1) is 18.0. The van der Waals surface area contributed by atoms with Crippen LogP contribution < -0.4 is 0 Å². The number of benzene rings is 1. The molecule has 0 aliphatic carbocycles. The van der Waals surface area contributed by atoms with Crippen LogP contribution in [0.4, 0.5) is 4.39 Å². The first-order chi connectivity index (χ1) is 12.1. The van der Waals surface area contributed by atoms with Gasteiger partial charge in [-0.25, -0.2) is 9.37 Å². The van der Waals surface area contributed by atoms with Crippen molar-refractivity contribution in [3.63, 3.8) is 0 Å². The molecule has 0 saturated carbocycles. The van der Waals surface area contributed by atoms with Gasteiger partial charge in [-0.15, -0.1) is 0 Å². The van der Waals surface area contributed by atoms with Crippen LogP contribution in [0.2, 0.25) is 0 Å². The van der Waals surface area contributed by atoms with Gasteiger partial charge in [0.2, 0.25) is 5.89 Å². The Hall–Kier alpha value is -1.80. The van der Waals surface area contributed by atoms with Crippen LogP contribution in [-0.2, 0) is 11.3 Å². The average Bonchev–Trinajstić information content (AvgIpc) is 3.04. The van der Waals surface area contributed by atoms with Gasteiger partial charge in [-0.1, -0.05) is 12.1 Å². The second-order valence-corrected chi connectivity index (χ2v) is 6.39. The molecule has 1 fully saturated rings. The van der Waals surface area contributed by atoms with Crippen LogP contribution in [-0.4, -0.2) is 72.4 Å². The van der Waals surface area contributed by atoms with Crippen LogP contribution in [0.25, 0.3) is 11.3 Å². The van der Waals surface area contributed by atoms with E-state index >= 15 is 0 Å². The summed E-state index contributed by atoms with van der Waals surface area (Å²) >= 11 is 0. The van der Waals surface area contributed by atoms with E-state index in [-0.39, 0.29) is 5.82 Å². The van der Waals surface area contributed by atoms with E-state index in [0.29, 0.717) is 36.8 Å². The summed E-state index contributed by atoms with van der Waals surface area (Å²) in [5.74, 6) is 0.774. The standard InChI is InChI=1S/C18H24FN3O3/c1-21(11-16(23)12-22-5-7-24-8-6-22)13-18-20-10-17(25-18)14-3-2-4-15(19)9-14/h2-4,9-10,16,23H,5-8,11-13H2,1H3. The topological polar surface area (TPSA) is 62.0 Å². The number of nitrogens with zero attached hydrogens (tertiary/aromatic N) is 3. The molecule has 6 nitrogen and oxygen atoms in total. The Morgan fingerprint density at radius 1 is 1.36 bits per heavy atom. The molecule has 1 N–H and O–H groups in total. The quantitative estimate of drug-likeness (QED) is 0.819. The van der Waals surface area contributed by atoms with Crippen LogP contribution in [0.5, 0.6) is 0 Å². The lowest BCUT2D eigenvalue weighted by atomic mass is 10.2. The van der Waals surface area contributed by atoms with E-state index in [2.05, 4.69) is 9.88 Å². The van der Waals surface area contributed by atoms with Crippen molar-refractivity contribution in [2.75, 3.05) is 46.4 Å². The summed E-state index contributed by atoms with van der Waals surface area (Å²) in [5, 5.41) is 10.2. The van der Waals surface area contributed by atoms with E-state index < -0.39 is 6.10 Å². The zero-order valence-corrected chi connectivity index (χ0v) is 14.4. The number of likely N-dealkylation sites (N-methyl/N-ethyl adjacent to an activating group) is 1. The fourth-order valence-electron chi connectivity index (χ4n) is 2.95. The third-order valence-electron chi connectivity index (χ3n) is 4.16. The molecule has 1 aromatic heterocycles. The highest BCUT2D eigenvalue weighted by atomic mass is 19.1. The van der Waals surface area contributed by atoms with E-state index in [1.807, 2.05) is 11.9 Å². The Labute approximate surface area is 146 Å². The molecule has 0 bridgehead atoms.